The van der Waals surface area contributed by atoms with Crippen LogP contribution in [-0.2, 0) is 7.05 Å². The van der Waals surface area contributed by atoms with Crippen molar-refractivity contribution in [2.45, 2.75) is 0 Å². The van der Waals surface area contributed by atoms with Crippen LogP contribution in [0, 0.1) is 0 Å². The Hall–Kier alpha value is -3.97. The van der Waals surface area contributed by atoms with Crippen LogP contribution in [-0.4, -0.2) is 26.6 Å². The highest BCUT2D eigenvalue weighted by molar-refractivity contribution is 6.34. The number of nitrogens with one attached hydrogen (secondary N) is 2. The highest BCUT2D eigenvalue weighted by atomic mass is 35.5. The van der Waals surface area contributed by atoms with Gasteiger partial charge in [-0.25, -0.2) is 4.98 Å². The number of rotatable bonds is 5. The van der Waals surface area contributed by atoms with Crippen LogP contribution in [0.5, 0.6) is 0 Å². The average molecular weight is 432 g/mol. The quantitative estimate of drug-likeness (QED) is 0.481. The molecule has 0 atom stereocenters. The third kappa shape index (κ3) is 4.62. The summed E-state index contributed by atoms with van der Waals surface area (Å²) in [6, 6.07) is 21.2. The lowest BCUT2D eigenvalue weighted by Crippen LogP contribution is -2.14. The monoisotopic (exact) mass is 431 g/mol. The van der Waals surface area contributed by atoms with E-state index in [1.165, 1.54) is 6.20 Å². The van der Waals surface area contributed by atoms with Crippen LogP contribution in [0.25, 0.3) is 11.3 Å². The fourth-order valence-corrected chi connectivity index (χ4v) is 3.18. The number of hydrogen-bond donors (Lipinski definition) is 2. The van der Waals surface area contributed by atoms with E-state index in [9.17, 15) is 9.59 Å². The zero-order chi connectivity index (χ0) is 21.8. The fourth-order valence-electron chi connectivity index (χ4n) is 2.97. The number of aromatic nitrogens is 3. The summed E-state index contributed by atoms with van der Waals surface area (Å²) in [4.78, 5) is 28.7. The molecule has 4 rings (SSSR count). The van der Waals surface area contributed by atoms with Crippen molar-refractivity contribution in [3.05, 3.63) is 95.3 Å². The molecule has 2 N–H and O–H groups in total. The summed E-state index contributed by atoms with van der Waals surface area (Å²) in [6.07, 6.45) is 1.51. The van der Waals surface area contributed by atoms with Crippen molar-refractivity contribution in [1.82, 2.24) is 14.8 Å². The Morgan fingerprint density at radius 3 is 2.35 bits per heavy atom. The molecule has 0 bridgehead atoms. The van der Waals surface area contributed by atoms with Crippen molar-refractivity contribution >= 4 is 34.9 Å². The number of pyridine rings is 1. The Kier molecular flexibility index (Phi) is 5.77. The van der Waals surface area contributed by atoms with Gasteiger partial charge in [0.1, 0.15) is 11.5 Å². The highest BCUT2D eigenvalue weighted by Crippen LogP contribution is 2.24. The Morgan fingerprint density at radius 1 is 0.903 bits per heavy atom. The second kappa shape index (κ2) is 8.81. The summed E-state index contributed by atoms with van der Waals surface area (Å²) in [6.45, 7) is 0. The first-order valence-electron chi connectivity index (χ1n) is 9.44. The summed E-state index contributed by atoms with van der Waals surface area (Å²) in [5.74, 6) is -0.0190. The molecule has 0 saturated carbocycles. The number of nitrogens with zero attached hydrogens (tertiary/aromatic N) is 3. The molecule has 8 heteroatoms. The van der Waals surface area contributed by atoms with E-state index >= 15 is 0 Å². The molecular formula is C23H18ClN5O2. The van der Waals surface area contributed by atoms with Gasteiger partial charge in [-0.3, -0.25) is 14.3 Å². The minimum Gasteiger partial charge on any atom is -0.321 e. The van der Waals surface area contributed by atoms with Crippen LogP contribution in [0.2, 0.25) is 5.02 Å². The van der Waals surface area contributed by atoms with Crippen LogP contribution in [0.4, 0.5) is 11.5 Å². The minimum atomic E-state index is -0.387. The number of benzene rings is 2. The molecule has 2 aromatic carbocycles. The number of halogens is 1. The van der Waals surface area contributed by atoms with Gasteiger partial charge in [-0.15, -0.1) is 0 Å². The largest absolute Gasteiger partial charge is 0.321 e. The number of carbonyl (C=O) groups excluding carboxylic acids is 2. The minimum absolute atomic E-state index is 0.164. The smallest absolute Gasteiger partial charge is 0.275 e. The van der Waals surface area contributed by atoms with Gasteiger partial charge in [0, 0.05) is 36.1 Å². The van der Waals surface area contributed by atoms with Crippen molar-refractivity contribution in [2.24, 2.45) is 7.05 Å². The predicted molar refractivity (Wildman–Crippen MR) is 120 cm³/mol. The zero-order valence-corrected chi connectivity index (χ0v) is 17.3. The van der Waals surface area contributed by atoms with Gasteiger partial charge in [0.05, 0.1) is 10.7 Å². The first kappa shape index (κ1) is 20.3. The normalized spacial score (nSPS) is 10.5. The Balaban J connectivity index is 1.47. The predicted octanol–water partition coefficient (Wildman–Crippen LogP) is 4.64. The third-order valence-corrected chi connectivity index (χ3v) is 4.87. The molecule has 154 valence electrons. The zero-order valence-electron chi connectivity index (χ0n) is 16.5. The van der Waals surface area contributed by atoms with E-state index < -0.39 is 0 Å². The molecule has 7 nitrogen and oxygen atoms in total. The molecule has 2 amide bonds. The number of amides is 2. The fraction of sp³-hybridized carbons (Fsp3) is 0.0435. The summed E-state index contributed by atoms with van der Waals surface area (Å²) < 4.78 is 1.61. The molecule has 31 heavy (non-hydrogen) atoms. The van der Waals surface area contributed by atoms with E-state index in [2.05, 4.69) is 20.7 Å². The van der Waals surface area contributed by atoms with Crippen LogP contribution in [0.15, 0.2) is 79.0 Å². The van der Waals surface area contributed by atoms with Crippen molar-refractivity contribution in [1.29, 1.82) is 0 Å². The van der Waals surface area contributed by atoms with Gasteiger partial charge >= 0.3 is 0 Å². The number of aryl methyl sites for hydroxylation is 1. The van der Waals surface area contributed by atoms with Gasteiger partial charge < -0.3 is 10.6 Å². The van der Waals surface area contributed by atoms with E-state index in [1.54, 1.807) is 54.2 Å². The number of anilines is 2. The standard InChI is InChI=1S/C23H18ClN5O2/c1-29-20(27-22(30)16-6-3-2-4-7-16)14-19(28-29)15-9-11-17(12-10-15)26-23(31)21-18(24)8-5-13-25-21/h2-14H,1H3,(H,26,31)(H,27,30). The van der Waals surface area contributed by atoms with Gasteiger partial charge in [-0.05, 0) is 36.4 Å². The lowest BCUT2D eigenvalue weighted by Gasteiger charge is -2.06. The van der Waals surface area contributed by atoms with E-state index in [0.29, 0.717) is 22.8 Å². The molecular weight excluding hydrogens is 414 g/mol. The van der Waals surface area contributed by atoms with Gasteiger partial charge in [-0.1, -0.05) is 41.9 Å². The summed E-state index contributed by atoms with van der Waals surface area (Å²) in [5.41, 5.74) is 2.86. The summed E-state index contributed by atoms with van der Waals surface area (Å²) in [5, 5.41) is 10.4. The first-order valence-corrected chi connectivity index (χ1v) is 9.82. The second-order valence-corrected chi connectivity index (χ2v) is 7.13. The molecule has 2 aromatic heterocycles. The summed E-state index contributed by atoms with van der Waals surface area (Å²) in [7, 11) is 1.76. The lowest BCUT2D eigenvalue weighted by atomic mass is 10.1. The van der Waals surface area contributed by atoms with Gasteiger partial charge in [0.2, 0.25) is 0 Å². The molecule has 0 radical (unpaired) electrons. The molecule has 0 aliphatic heterocycles. The van der Waals surface area contributed by atoms with Gasteiger partial charge in [0.25, 0.3) is 11.8 Å². The molecule has 0 spiro atoms. The maximum atomic E-state index is 12.4. The Bertz CT molecular complexity index is 1240. The van der Waals surface area contributed by atoms with Crippen LogP contribution >= 0.6 is 11.6 Å². The van der Waals surface area contributed by atoms with Crippen molar-refractivity contribution < 1.29 is 9.59 Å². The van der Waals surface area contributed by atoms with Gasteiger partial charge in [-0.2, -0.15) is 5.10 Å². The Labute approximate surface area is 183 Å². The second-order valence-electron chi connectivity index (χ2n) is 6.72. The van der Waals surface area contributed by atoms with Crippen molar-refractivity contribution in [3.63, 3.8) is 0 Å². The molecule has 2 heterocycles. The summed E-state index contributed by atoms with van der Waals surface area (Å²) >= 11 is 6.02. The van der Waals surface area contributed by atoms with Crippen LogP contribution in [0.1, 0.15) is 20.8 Å². The first-order chi connectivity index (χ1) is 15.0. The highest BCUT2D eigenvalue weighted by Gasteiger charge is 2.13. The Morgan fingerprint density at radius 2 is 1.65 bits per heavy atom. The van der Waals surface area contributed by atoms with Crippen molar-refractivity contribution in [3.8, 4) is 11.3 Å². The third-order valence-electron chi connectivity index (χ3n) is 4.57. The van der Waals surface area contributed by atoms with Crippen molar-refractivity contribution in [2.75, 3.05) is 10.6 Å². The van der Waals surface area contributed by atoms with Gasteiger partial charge in [0.15, 0.2) is 0 Å². The van der Waals surface area contributed by atoms with Crippen LogP contribution in [0.3, 0.4) is 0 Å². The van der Waals surface area contributed by atoms with E-state index in [4.69, 9.17) is 11.6 Å². The average Bonchev–Trinajstić information content (AvgIpc) is 3.15. The number of hydrogen-bond acceptors (Lipinski definition) is 4. The molecule has 0 aliphatic rings. The molecule has 0 saturated heterocycles. The van der Waals surface area contributed by atoms with Crippen LogP contribution < -0.4 is 10.6 Å². The molecule has 0 fully saturated rings. The molecule has 0 aliphatic carbocycles. The van der Waals surface area contributed by atoms with E-state index in [-0.39, 0.29) is 22.5 Å². The molecule has 4 aromatic rings. The van der Waals surface area contributed by atoms with E-state index in [1.807, 2.05) is 30.3 Å². The topological polar surface area (TPSA) is 88.9 Å². The lowest BCUT2D eigenvalue weighted by molar-refractivity contribution is 0.101. The maximum Gasteiger partial charge on any atom is 0.275 e. The number of carbonyl (C=O) groups is 2. The molecule has 0 unspecified atom stereocenters. The SMILES string of the molecule is Cn1nc(-c2ccc(NC(=O)c3ncccc3Cl)cc2)cc1NC(=O)c1ccccc1. The van der Waals surface area contributed by atoms with E-state index in [0.717, 1.165) is 5.56 Å². The maximum absolute atomic E-state index is 12.4.